The van der Waals surface area contributed by atoms with Crippen LogP contribution in [0.5, 0.6) is 0 Å². The number of anilines is 1. The Morgan fingerprint density at radius 1 is 1.06 bits per heavy atom. The highest BCUT2D eigenvalue weighted by atomic mass is 32.1. The SMILES string of the molecule is Cc1ccc(N(C(=O)CNC(=O)c2cccs2)[C@@H](C(=O)NC2CCCCC2)c2cccnc2)cc1. The minimum Gasteiger partial charge on any atom is -0.351 e. The first-order valence-electron chi connectivity index (χ1n) is 11.9. The number of hydrogen-bond donors (Lipinski definition) is 2. The van der Waals surface area contributed by atoms with Crippen LogP contribution in [0.25, 0.3) is 0 Å². The van der Waals surface area contributed by atoms with Crippen LogP contribution in [-0.4, -0.2) is 35.3 Å². The minimum absolute atomic E-state index is 0.0870. The van der Waals surface area contributed by atoms with Crippen molar-refractivity contribution in [1.29, 1.82) is 0 Å². The quantitative estimate of drug-likeness (QED) is 0.490. The molecule has 35 heavy (non-hydrogen) atoms. The molecule has 182 valence electrons. The van der Waals surface area contributed by atoms with Crippen molar-refractivity contribution in [3.63, 3.8) is 0 Å². The third-order valence-corrected chi connectivity index (χ3v) is 7.05. The molecule has 4 rings (SSSR count). The fourth-order valence-electron chi connectivity index (χ4n) is 4.36. The lowest BCUT2D eigenvalue weighted by molar-refractivity contribution is -0.127. The molecular weight excluding hydrogens is 460 g/mol. The molecule has 0 unspecified atom stereocenters. The Hall–Kier alpha value is -3.52. The van der Waals surface area contributed by atoms with Crippen molar-refractivity contribution in [2.24, 2.45) is 0 Å². The van der Waals surface area contributed by atoms with E-state index in [1.807, 2.05) is 36.6 Å². The molecule has 1 fully saturated rings. The summed E-state index contributed by atoms with van der Waals surface area (Å²) in [5.41, 5.74) is 2.23. The standard InChI is InChI=1S/C27H30N4O3S/c1-19-11-13-22(14-12-19)31(24(32)18-29-26(33)23-10-6-16-35-23)25(20-7-5-15-28-17-20)27(34)30-21-8-3-2-4-9-21/h5-7,10-17,21,25H,2-4,8-9,18H2,1H3,(H,29,33)(H,30,34)/t25-/m1/s1. The van der Waals surface area contributed by atoms with E-state index in [9.17, 15) is 14.4 Å². The summed E-state index contributed by atoms with van der Waals surface area (Å²) in [6, 6.07) is 13.7. The van der Waals surface area contributed by atoms with Crippen molar-refractivity contribution in [3.05, 3.63) is 82.3 Å². The second-order valence-corrected chi connectivity index (χ2v) is 9.74. The topological polar surface area (TPSA) is 91.4 Å². The van der Waals surface area contributed by atoms with E-state index in [0.717, 1.165) is 31.2 Å². The Balaban J connectivity index is 1.65. The lowest BCUT2D eigenvalue weighted by atomic mass is 9.94. The lowest BCUT2D eigenvalue weighted by Crippen LogP contribution is -2.49. The third-order valence-electron chi connectivity index (χ3n) is 6.18. The van der Waals surface area contributed by atoms with Crippen LogP contribution in [0.2, 0.25) is 0 Å². The van der Waals surface area contributed by atoms with Crippen molar-refractivity contribution >= 4 is 34.7 Å². The molecular formula is C27H30N4O3S. The zero-order chi connectivity index (χ0) is 24.6. The van der Waals surface area contributed by atoms with Gasteiger partial charge in [-0.3, -0.25) is 24.3 Å². The summed E-state index contributed by atoms with van der Waals surface area (Å²) in [5, 5.41) is 7.69. The van der Waals surface area contributed by atoms with Crippen LogP contribution in [0, 0.1) is 6.92 Å². The number of aromatic nitrogens is 1. The van der Waals surface area contributed by atoms with Gasteiger partial charge in [0.2, 0.25) is 11.8 Å². The van der Waals surface area contributed by atoms with E-state index >= 15 is 0 Å². The molecule has 1 aromatic carbocycles. The molecule has 0 radical (unpaired) electrons. The fraction of sp³-hybridized carbons (Fsp3) is 0.333. The van der Waals surface area contributed by atoms with Crippen LogP contribution >= 0.6 is 11.3 Å². The molecule has 1 aliphatic carbocycles. The van der Waals surface area contributed by atoms with Gasteiger partial charge in [0.05, 0.1) is 11.4 Å². The van der Waals surface area contributed by atoms with Crippen molar-refractivity contribution in [2.75, 3.05) is 11.4 Å². The number of pyridine rings is 1. The van der Waals surface area contributed by atoms with Gasteiger partial charge in [0.1, 0.15) is 6.04 Å². The molecule has 2 aromatic heterocycles. The number of aryl methyl sites for hydroxylation is 1. The Labute approximate surface area is 209 Å². The number of thiophene rings is 1. The molecule has 8 heteroatoms. The van der Waals surface area contributed by atoms with E-state index < -0.39 is 6.04 Å². The van der Waals surface area contributed by atoms with E-state index in [0.29, 0.717) is 16.1 Å². The molecule has 2 heterocycles. The number of carbonyl (C=O) groups excluding carboxylic acids is 3. The Bertz CT molecular complexity index is 1130. The molecule has 0 saturated heterocycles. The maximum atomic E-state index is 13.7. The molecule has 3 amide bonds. The van der Waals surface area contributed by atoms with E-state index in [2.05, 4.69) is 15.6 Å². The zero-order valence-corrected chi connectivity index (χ0v) is 20.6. The highest BCUT2D eigenvalue weighted by Gasteiger charge is 2.34. The number of benzene rings is 1. The zero-order valence-electron chi connectivity index (χ0n) is 19.8. The lowest BCUT2D eigenvalue weighted by Gasteiger charge is -2.33. The van der Waals surface area contributed by atoms with Gasteiger partial charge < -0.3 is 10.6 Å². The van der Waals surface area contributed by atoms with Gasteiger partial charge >= 0.3 is 0 Å². The fourth-order valence-corrected chi connectivity index (χ4v) is 5.00. The summed E-state index contributed by atoms with van der Waals surface area (Å²) >= 11 is 1.31. The summed E-state index contributed by atoms with van der Waals surface area (Å²) in [7, 11) is 0. The first-order valence-corrected chi connectivity index (χ1v) is 12.8. The largest absolute Gasteiger partial charge is 0.351 e. The maximum Gasteiger partial charge on any atom is 0.261 e. The van der Waals surface area contributed by atoms with Gasteiger partial charge in [0.15, 0.2) is 0 Å². The summed E-state index contributed by atoms with van der Waals surface area (Å²) in [6.07, 6.45) is 8.45. The molecule has 2 N–H and O–H groups in total. The van der Waals surface area contributed by atoms with Crippen molar-refractivity contribution in [1.82, 2.24) is 15.6 Å². The molecule has 1 atom stereocenters. The smallest absolute Gasteiger partial charge is 0.261 e. The van der Waals surface area contributed by atoms with E-state index in [-0.39, 0.29) is 30.3 Å². The Morgan fingerprint density at radius 2 is 1.83 bits per heavy atom. The Kier molecular flexibility index (Phi) is 8.26. The predicted octanol–water partition coefficient (Wildman–Crippen LogP) is 4.40. The van der Waals surface area contributed by atoms with Gasteiger partial charge in [0.25, 0.3) is 5.91 Å². The van der Waals surface area contributed by atoms with Crippen LogP contribution in [-0.2, 0) is 9.59 Å². The predicted molar refractivity (Wildman–Crippen MR) is 137 cm³/mol. The van der Waals surface area contributed by atoms with E-state index in [4.69, 9.17) is 0 Å². The van der Waals surface area contributed by atoms with Crippen molar-refractivity contribution in [3.8, 4) is 0 Å². The van der Waals surface area contributed by atoms with Crippen LogP contribution in [0.15, 0.2) is 66.3 Å². The van der Waals surface area contributed by atoms with Crippen LogP contribution < -0.4 is 15.5 Å². The molecule has 0 spiro atoms. The van der Waals surface area contributed by atoms with Crippen LogP contribution in [0.1, 0.15) is 58.9 Å². The van der Waals surface area contributed by atoms with Crippen molar-refractivity contribution in [2.45, 2.75) is 51.1 Å². The van der Waals surface area contributed by atoms with Gasteiger partial charge in [-0.1, -0.05) is 49.1 Å². The van der Waals surface area contributed by atoms with Gasteiger partial charge in [0, 0.05) is 29.7 Å². The normalized spacial score (nSPS) is 14.7. The number of carbonyl (C=O) groups is 3. The average Bonchev–Trinajstić information content (AvgIpc) is 3.43. The van der Waals surface area contributed by atoms with Crippen molar-refractivity contribution < 1.29 is 14.4 Å². The third kappa shape index (κ3) is 6.33. The van der Waals surface area contributed by atoms with Crippen LogP contribution in [0.4, 0.5) is 5.69 Å². The molecule has 1 saturated carbocycles. The summed E-state index contributed by atoms with van der Waals surface area (Å²) in [5.74, 6) is -0.948. The van der Waals surface area contributed by atoms with E-state index in [1.54, 1.807) is 36.7 Å². The van der Waals surface area contributed by atoms with Gasteiger partial charge in [-0.2, -0.15) is 0 Å². The second kappa shape index (κ2) is 11.8. The number of nitrogens with zero attached hydrogens (tertiary/aromatic N) is 2. The average molecular weight is 491 g/mol. The molecule has 7 nitrogen and oxygen atoms in total. The number of amides is 3. The monoisotopic (exact) mass is 490 g/mol. The van der Waals surface area contributed by atoms with E-state index in [1.165, 1.54) is 22.7 Å². The highest BCUT2D eigenvalue weighted by Crippen LogP contribution is 2.29. The van der Waals surface area contributed by atoms with Gasteiger partial charge in [-0.05, 0) is 49.4 Å². The molecule has 1 aliphatic rings. The summed E-state index contributed by atoms with van der Waals surface area (Å²) in [4.78, 5) is 46.0. The minimum atomic E-state index is -0.917. The molecule has 0 aliphatic heterocycles. The molecule has 3 aromatic rings. The first-order chi connectivity index (χ1) is 17.0. The highest BCUT2D eigenvalue weighted by molar-refractivity contribution is 7.12. The van der Waals surface area contributed by atoms with Gasteiger partial charge in [-0.25, -0.2) is 0 Å². The summed E-state index contributed by atoms with van der Waals surface area (Å²) < 4.78 is 0. The second-order valence-electron chi connectivity index (χ2n) is 8.79. The number of hydrogen-bond acceptors (Lipinski definition) is 5. The van der Waals surface area contributed by atoms with Gasteiger partial charge in [-0.15, -0.1) is 11.3 Å². The maximum absolute atomic E-state index is 13.7. The number of nitrogens with one attached hydrogen (secondary N) is 2. The Morgan fingerprint density at radius 3 is 2.49 bits per heavy atom. The number of rotatable bonds is 8. The molecule has 0 bridgehead atoms. The first kappa shape index (κ1) is 24.6. The summed E-state index contributed by atoms with van der Waals surface area (Å²) in [6.45, 7) is 1.73. The van der Waals surface area contributed by atoms with Crippen LogP contribution in [0.3, 0.4) is 0 Å².